The van der Waals surface area contributed by atoms with Crippen molar-refractivity contribution in [3.8, 4) is 6.07 Å². The van der Waals surface area contributed by atoms with Crippen molar-refractivity contribution >= 4 is 17.3 Å². The van der Waals surface area contributed by atoms with Crippen LogP contribution in [-0.2, 0) is 0 Å². The number of hydrogen-bond acceptors (Lipinski definition) is 4. The molecule has 1 rings (SSSR count). The lowest BCUT2D eigenvalue weighted by molar-refractivity contribution is 0.0697. The van der Waals surface area contributed by atoms with Crippen LogP contribution >= 0.6 is 0 Å². The lowest BCUT2D eigenvalue weighted by Crippen LogP contribution is -2.32. The first kappa shape index (κ1) is 13.8. The Hall–Kier alpha value is -2.22. The molecule has 3 N–H and O–H groups in total. The second-order valence-electron chi connectivity index (χ2n) is 4.27. The summed E-state index contributed by atoms with van der Waals surface area (Å²) in [7, 11) is 0. The number of hydrogen-bond donors (Lipinski definition) is 2. The van der Waals surface area contributed by atoms with E-state index in [4.69, 9.17) is 16.1 Å². The topological polar surface area (TPSA) is 90.3 Å². The molecule has 5 nitrogen and oxygen atoms in total. The summed E-state index contributed by atoms with van der Waals surface area (Å²) in [5, 5.41) is 17.6. The van der Waals surface area contributed by atoms with Gasteiger partial charge in [0, 0.05) is 12.6 Å². The van der Waals surface area contributed by atoms with E-state index in [-0.39, 0.29) is 11.6 Å². The van der Waals surface area contributed by atoms with Gasteiger partial charge in [-0.3, -0.25) is 0 Å². The van der Waals surface area contributed by atoms with Crippen LogP contribution in [0.4, 0.5) is 11.4 Å². The first-order valence-corrected chi connectivity index (χ1v) is 5.73. The first-order valence-electron chi connectivity index (χ1n) is 5.73. The van der Waals surface area contributed by atoms with Crippen molar-refractivity contribution < 1.29 is 9.90 Å². The molecule has 0 atom stereocenters. The van der Waals surface area contributed by atoms with Gasteiger partial charge in [-0.25, -0.2) is 4.79 Å². The normalized spacial score (nSPS) is 10.1. The molecule has 0 unspecified atom stereocenters. The standard InChI is InChI=1S/C13H17N3O2/c1-9(2)16(7-3-6-14)12-8-10(13(17)18)4-5-11(12)15/h4-5,8-9H,3,7,15H2,1-2H3,(H,17,18). The molecule has 18 heavy (non-hydrogen) atoms. The number of carbonyl (C=O) groups is 1. The molecule has 0 fully saturated rings. The van der Waals surface area contributed by atoms with Gasteiger partial charge in [-0.2, -0.15) is 5.26 Å². The summed E-state index contributed by atoms with van der Waals surface area (Å²) in [4.78, 5) is 12.9. The number of nitrogens with zero attached hydrogens (tertiary/aromatic N) is 2. The third-order valence-electron chi connectivity index (χ3n) is 2.67. The Bertz CT molecular complexity index is 478. The van der Waals surface area contributed by atoms with E-state index in [2.05, 4.69) is 6.07 Å². The van der Waals surface area contributed by atoms with Gasteiger partial charge in [0.1, 0.15) is 0 Å². The monoisotopic (exact) mass is 247 g/mol. The fraction of sp³-hybridized carbons (Fsp3) is 0.385. The van der Waals surface area contributed by atoms with Gasteiger partial charge in [-0.1, -0.05) is 0 Å². The molecule has 0 aliphatic heterocycles. The summed E-state index contributed by atoms with van der Waals surface area (Å²) in [6, 6.07) is 6.83. The molecule has 96 valence electrons. The van der Waals surface area contributed by atoms with Gasteiger partial charge in [-0.15, -0.1) is 0 Å². The summed E-state index contributed by atoms with van der Waals surface area (Å²) < 4.78 is 0. The zero-order valence-electron chi connectivity index (χ0n) is 10.6. The molecule has 0 amide bonds. The van der Waals surface area contributed by atoms with Gasteiger partial charge in [0.25, 0.3) is 0 Å². The summed E-state index contributed by atoms with van der Waals surface area (Å²) in [6.07, 6.45) is 0.370. The van der Waals surface area contributed by atoms with Crippen LogP contribution in [0.5, 0.6) is 0 Å². The zero-order valence-corrected chi connectivity index (χ0v) is 10.6. The van der Waals surface area contributed by atoms with Crippen molar-refractivity contribution in [2.24, 2.45) is 0 Å². The predicted molar refractivity (Wildman–Crippen MR) is 70.5 cm³/mol. The summed E-state index contributed by atoms with van der Waals surface area (Å²) in [5.41, 5.74) is 7.27. The van der Waals surface area contributed by atoms with Crippen LogP contribution < -0.4 is 10.6 Å². The van der Waals surface area contributed by atoms with Crippen molar-refractivity contribution in [3.05, 3.63) is 23.8 Å². The number of nitriles is 1. The second-order valence-corrected chi connectivity index (χ2v) is 4.27. The van der Waals surface area contributed by atoms with E-state index in [0.717, 1.165) is 0 Å². The van der Waals surface area contributed by atoms with Crippen molar-refractivity contribution in [1.82, 2.24) is 0 Å². The Morgan fingerprint density at radius 1 is 1.56 bits per heavy atom. The number of carboxylic acid groups (broad SMARTS) is 1. The van der Waals surface area contributed by atoms with E-state index >= 15 is 0 Å². The van der Waals surface area contributed by atoms with Gasteiger partial charge >= 0.3 is 5.97 Å². The van der Waals surface area contributed by atoms with E-state index in [1.165, 1.54) is 6.07 Å². The SMILES string of the molecule is CC(C)N(CCC#N)c1cc(C(=O)O)ccc1N. The number of aromatic carboxylic acids is 1. The van der Waals surface area contributed by atoms with Gasteiger partial charge < -0.3 is 15.7 Å². The van der Waals surface area contributed by atoms with Crippen LogP contribution in [0.25, 0.3) is 0 Å². The van der Waals surface area contributed by atoms with Crippen LogP contribution in [0, 0.1) is 11.3 Å². The van der Waals surface area contributed by atoms with Crippen LogP contribution in [0.1, 0.15) is 30.6 Å². The Morgan fingerprint density at radius 2 is 2.22 bits per heavy atom. The maximum atomic E-state index is 11.0. The Labute approximate surface area is 106 Å². The van der Waals surface area contributed by atoms with Crippen molar-refractivity contribution in [1.29, 1.82) is 5.26 Å². The molecule has 0 radical (unpaired) electrons. The number of nitrogen functional groups attached to an aromatic ring is 1. The van der Waals surface area contributed by atoms with E-state index in [1.54, 1.807) is 12.1 Å². The third kappa shape index (κ3) is 3.14. The Kier molecular flexibility index (Phi) is 4.55. The molecule has 5 heteroatoms. The number of rotatable bonds is 5. The van der Waals surface area contributed by atoms with Gasteiger partial charge in [0.2, 0.25) is 0 Å². The van der Waals surface area contributed by atoms with Gasteiger partial charge in [-0.05, 0) is 32.0 Å². The quantitative estimate of drug-likeness (QED) is 0.777. The molecule has 1 aromatic carbocycles. The zero-order chi connectivity index (χ0) is 13.7. The predicted octanol–water partition coefficient (Wildman–Crippen LogP) is 2.10. The Balaban J connectivity index is 3.14. The molecular formula is C13H17N3O2. The first-order chi connectivity index (χ1) is 8.47. The molecule has 1 aromatic rings. The molecule has 0 saturated carbocycles. The maximum Gasteiger partial charge on any atom is 0.335 e. The molecule has 0 aromatic heterocycles. The second kappa shape index (κ2) is 5.92. The number of anilines is 2. The molecule has 0 spiro atoms. The highest BCUT2D eigenvalue weighted by Gasteiger charge is 2.15. The summed E-state index contributed by atoms with van der Waals surface area (Å²) in [5.74, 6) is -0.986. The third-order valence-corrected chi connectivity index (χ3v) is 2.67. The minimum Gasteiger partial charge on any atom is -0.478 e. The Morgan fingerprint density at radius 3 is 2.72 bits per heavy atom. The lowest BCUT2D eigenvalue weighted by atomic mass is 10.1. The van der Waals surface area contributed by atoms with Crippen molar-refractivity contribution in [2.75, 3.05) is 17.2 Å². The fourth-order valence-corrected chi connectivity index (χ4v) is 1.75. The molecular weight excluding hydrogens is 230 g/mol. The smallest absolute Gasteiger partial charge is 0.335 e. The largest absolute Gasteiger partial charge is 0.478 e. The van der Waals surface area contributed by atoms with Crippen LogP contribution in [0.3, 0.4) is 0 Å². The summed E-state index contributed by atoms with van der Waals surface area (Å²) >= 11 is 0. The van der Waals surface area contributed by atoms with Gasteiger partial charge in [0.15, 0.2) is 0 Å². The van der Waals surface area contributed by atoms with Crippen LogP contribution in [0.15, 0.2) is 18.2 Å². The maximum absolute atomic E-state index is 11.0. The highest BCUT2D eigenvalue weighted by atomic mass is 16.4. The number of nitrogens with two attached hydrogens (primary N) is 1. The van der Waals surface area contributed by atoms with E-state index in [0.29, 0.717) is 24.3 Å². The van der Waals surface area contributed by atoms with Crippen molar-refractivity contribution in [3.63, 3.8) is 0 Å². The summed E-state index contributed by atoms with van der Waals surface area (Å²) in [6.45, 7) is 4.48. The minimum atomic E-state index is -0.986. The van der Waals surface area contributed by atoms with Crippen LogP contribution in [0.2, 0.25) is 0 Å². The molecule has 0 saturated heterocycles. The highest BCUT2D eigenvalue weighted by Crippen LogP contribution is 2.26. The van der Waals surface area contributed by atoms with Crippen molar-refractivity contribution in [2.45, 2.75) is 26.3 Å². The van der Waals surface area contributed by atoms with Gasteiger partial charge in [0.05, 0.1) is 29.4 Å². The molecule has 0 aliphatic carbocycles. The fourth-order valence-electron chi connectivity index (χ4n) is 1.75. The molecule has 0 bridgehead atoms. The van der Waals surface area contributed by atoms with Crippen LogP contribution in [-0.4, -0.2) is 23.7 Å². The molecule has 0 heterocycles. The number of carboxylic acids is 1. The highest BCUT2D eigenvalue weighted by molar-refractivity contribution is 5.90. The van der Waals surface area contributed by atoms with E-state index in [1.807, 2.05) is 18.7 Å². The minimum absolute atomic E-state index is 0.143. The number of benzene rings is 1. The van der Waals surface area contributed by atoms with E-state index in [9.17, 15) is 4.79 Å². The lowest BCUT2D eigenvalue weighted by Gasteiger charge is -2.29. The average molecular weight is 247 g/mol. The average Bonchev–Trinajstić information content (AvgIpc) is 2.31. The molecule has 0 aliphatic rings. The van der Waals surface area contributed by atoms with E-state index < -0.39 is 5.97 Å².